The molecule has 1 rings (SSSR count). The maximum Gasteiger partial charge on any atom is 0.308 e. The minimum absolute atomic E-state index is 0.00310. The van der Waals surface area contributed by atoms with Crippen molar-refractivity contribution in [2.45, 2.75) is 45.6 Å². The predicted molar refractivity (Wildman–Crippen MR) is 73.7 cm³/mol. The second-order valence-corrected chi connectivity index (χ2v) is 5.15. The summed E-state index contributed by atoms with van der Waals surface area (Å²) in [5.74, 6) is -0.0327. The third kappa shape index (κ3) is 5.19. The first kappa shape index (κ1) is 16.0. The molecule has 0 bridgehead atoms. The molecule has 0 aromatic rings. The first-order chi connectivity index (χ1) is 9.10. The first-order valence-electron chi connectivity index (χ1n) is 7.20. The Hall–Kier alpha value is -1.10. The smallest absolute Gasteiger partial charge is 0.308 e. The number of rotatable bonds is 6. The number of likely N-dealkylation sites (tertiary alicyclic amines) is 1. The lowest BCUT2D eigenvalue weighted by molar-refractivity contribution is -0.147. The second kappa shape index (κ2) is 8.15. The fourth-order valence-corrected chi connectivity index (χ4v) is 2.46. The summed E-state index contributed by atoms with van der Waals surface area (Å²) in [5.41, 5.74) is 0. The lowest BCUT2D eigenvalue weighted by Gasteiger charge is -2.30. The van der Waals surface area contributed by atoms with Crippen LogP contribution >= 0.6 is 0 Å². The van der Waals surface area contributed by atoms with Gasteiger partial charge in [-0.05, 0) is 38.8 Å². The lowest BCUT2D eigenvalue weighted by Crippen LogP contribution is -2.45. The van der Waals surface area contributed by atoms with Gasteiger partial charge in [-0.2, -0.15) is 0 Å². The molecule has 5 nitrogen and oxygen atoms in total. The quantitative estimate of drug-likeness (QED) is 0.736. The van der Waals surface area contributed by atoms with Gasteiger partial charge in [-0.25, -0.2) is 0 Å². The third-order valence-electron chi connectivity index (χ3n) is 3.84. The largest absolute Gasteiger partial charge is 0.469 e. The lowest BCUT2D eigenvalue weighted by atomic mass is 9.97. The van der Waals surface area contributed by atoms with E-state index in [0.717, 1.165) is 38.8 Å². The van der Waals surface area contributed by atoms with E-state index in [1.54, 1.807) is 0 Å². The molecular formula is C14H26N2O3. The minimum atomic E-state index is -0.124. The fourth-order valence-electron chi connectivity index (χ4n) is 2.46. The molecule has 1 heterocycles. The van der Waals surface area contributed by atoms with Gasteiger partial charge in [0.2, 0.25) is 5.91 Å². The SMILES string of the molecule is CCC(CC)NC(=O)CN1CCC(C(=O)OC)CC1. The van der Waals surface area contributed by atoms with Gasteiger partial charge >= 0.3 is 5.97 Å². The average Bonchev–Trinajstić information content (AvgIpc) is 2.44. The molecule has 0 unspecified atom stereocenters. The highest BCUT2D eigenvalue weighted by molar-refractivity contribution is 5.78. The summed E-state index contributed by atoms with van der Waals surface area (Å²) in [6.07, 6.45) is 3.50. The van der Waals surface area contributed by atoms with Gasteiger partial charge in [-0.3, -0.25) is 14.5 Å². The molecule has 0 atom stereocenters. The normalized spacial score (nSPS) is 17.5. The molecule has 0 spiro atoms. The maximum absolute atomic E-state index is 11.9. The Balaban J connectivity index is 2.29. The number of esters is 1. The van der Waals surface area contributed by atoms with Crippen LogP contribution in [0.15, 0.2) is 0 Å². The van der Waals surface area contributed by atoms with Crippen molar-refractivity contribution in [3.63, 3.8) is 0 Å². The molecule has 1 amide bonds. The Morgan fingerprint density at radius 2 is 1.84 bits per heavy atom. The predicted octanol–water partition coefficient (Wildman–Crippen LogP) is 1.18. The summed E-state index contributed by atoms with van der Waals surface area (Å²) in [6, 6.07) is 0.278. The van der Waals surface area contributed by atoms with Crippen molar-refractivity contribution >= 4 is 11.9 Å². The third-order valence-corrected chi connectivity index (χ3v) is 3.84. The Labute approximate surface area is 115 Å². The first-order valence-corrected chi connectivity index (χ1v) is 7.20. The van der Waals surface area contributed by atoms with E-state index in [-0.39, 0.29) is 23.8 Å². The summed E-state index contributed by atoms with van der Waals surface area (Å²) >= 11 is 0. The molecule has 5 heteroatoms. The molecule has 1 aliphatic rings. The van der Waals surface area contributed by atoms with Gasteiger partial charge in [0, 0.05) is 6.04 Å². The van der Waals surface area contributed by atoms with Crippen LogP contribution in [-0.2, 0) is 14.3 Å². The summed E-state index contributed by atoms with van der Waals surface area (Å²) < 4.78 is 4.75. The topological polar surface area (TPSA) is 58.6 Å². The van der Waals surface area contributed by atoms with Crippen molar-refractivity contribution in [1.29, 1.82) is 0 Å². The molecule has 1 aliphatic heterocycles. The van der Waals surface area contributed by atoms with Crippen LogP contribution in [0, 0.1) is 5.92 Å². The van der Waals surface area contributed by atoms with E-state index in [2.05, 4.69) is 24.1 Å². The Kier molecular flexibility index (Phi) is 6.84. The van der Waals surface area contributed by atoms with Crippen LogP contribution in [0.4, 0.5) is 0 Å². The number of nitrogens with one attached hydrogen (secondary N) is 1. The average molecular weight is 270 g/mol. The van der Waals surface area contributed by atoms with Gasteiger partial charge in [0.15, 0.2) is 0 Å². The van der Waals surface area contributed by atoms with Gasteiger partial charge in [0.25, 0.3) is 0 Å². The summed E-state index contributed by atoms with van der Waals surface area (Å²) in [4.78, 5) is 25.4. The number of carbonyl (C=O) groups excluding carboxylic acids is 2. The Morgan fingerprint density at radius 3 is 2.32 bits per heavy atom. The van der Waals surface area contributed by atoms with Gasteiger partial charge < -0.3 is 10.1 Å². The van der Waals surface area contributed by atoms with E-state index in [4.69, 9.17) is 4.74 Å². The number of nitrogens with zero attached hydrogens (tertiary/aromatic N) is 1. The van der Waals surface area contributed by atoms with Crippen molar-refractivity contribution in [2.24, 2.45) is 5.92 Å². The Morgan fingerprint density at radius 1 is 1.26 bits per heavy atom. The second-order valence-electron chi connectivity index (χ2n) is 5.15. The van der Waals surface area contributed by atoms with Crippen molar-refractivity contribution in [3.8, 4) is 0 Å². The molecule has 0 aromatic carbocycles. The zero-order valence-electron chi connectivity index (χ0n) is 12.3. The zero-order chi connectivity index (χ0) is 14.3. The van der Waals surface area contributed by atoms with E-state index < -0.39 is 0 Å². The van der Waals surface area contributed by atoms with Crippen LogP contribution in [-0.4, -0.2) is 49.6 Å². The molecule has 1 fully saturated rings. The van der Waals surface area contributed by atoms with E-state index in [0.29, 0.717) is 6.54 Å². The van der Waals surface area contributed by atoms with Crippen LogP contribution < -0.4 is 5.32 Å². The highest BCUT2D eigenvalue weighted by Crippen LogP contribution is 2.18. The summed E-state index contributed by atoms with van der Waals surface area (Å²) in [5, 5.41) is 3.04. The van der Waals surface area contributed by atoms with E-state index in [1.807, 2.05) is 0 Å². The number of methoxy groups -OCH3 is 1. The number of hydrogen-bond donors (Lipinski definition) is 1. The van der Waals surface area contributed by atoms with Crippen LogP contribution in [0.5, 0.6) is 0 Å². The zero-order valence-corrected chi connectivity index (χ0v) is 12.3. The molecule has 0 radical (unpaired) electrons. The fraction of sp³-hybridized carbons (Fsp3) is 0.857. The van der Waals surface area contributed by atoms with Crippen LogP contribution in [0.25, 0.3) is 0 Å². The molecule has 0 aliphatic carbocycles. The number of amides is 1. The monoisotopic (exact) mass is 270 g/mol. The minimum Gasteiger partial charge on any atom is -0.469 e. The highest BCUT2D eigenvalue weighted by Gasteiger charge is 2.26. The molecule has 1 saturated heterocycles. The van der Waals surface area contributed by atoms with Crippen LogP contribution in [0.3, 0.4) is 0 Å². The summed E-state index contributed by atoms with van der Waals surface area (Å²) in [7, 11) is 1.43. The van der Waals surface area contributed by atoms with E-state index in [9.17, 15) is 9.59 Å². The van der Waals surface area contributed by atoms with Gasteiger partial charge in [-0.15, -0.1) is 0 Å². The maximum atomic E-state index is 11.9. The molecule has 0 saturated carbocycles. The number of ether oxygens (including phenoxy) is 1. The van der Waals surface area contributed by atoms with Gasteiger partial charge in [-0.1, -0.05) is 13.8 Å². The molecule has 1 N–H and O–H groups in total. The van der Waals surface area contributed by atoms with E-state index in [1.165, 1.54) is 7.11 Å². The summed E-state index contributed by atoms with van der Waals surface area (Å²) in [6.45, 7) is 6.17. The molecule has 19 heavy (non-hydrogen) atoms. The molecule has 110 valence electrons. The number of carbonyl (C=O) groups is 2. The van der Waals surface area contributed by atoms with Crippen molar-refractivity contribution in [3.05, 3.63) is 0 Å². The molecule has 0 aromatic heterocycles. The van der Waals surface area contributed by atoms with Crippen LogP contribution in [0.2, 0.25) is 0 Å². The van der Waals surface area contributed by atoms with Crippen molar-refractivity contribution in [2.75, 3.05) is 26.7 Å². The standard InChI is InChI=1S/C14H26N2O3/c1-4-12(5-2)15-13(17)10-16-8-6-11(7-9-16)14(18)19-3/h11-12H,4-10H2,1-3H3,(H,15,17). The van der Waals surface area contributed by atoms with Crippen molar-refractivity contribution in [1.82, 2.24) is 10.2 Å². The Bertz CT molecular complexity index is 295. The molecular weight excluding hydrogens is 244 g/mol. The van der Waals surface area contributed by atoms with Crippen LogP contribution in [0.1, 0.15) is 39.5 Å². The highest BCUT2D eigenvalue weighted by atomic mass is 16.5. The van der Waals surface area contributed by atoms with Crippen molar-refractivity contribution < 1.29 is 14.3 Å². The number of hydrogen-bond acceptors (Lipinski definition) is 4. The van der Waals surface area contributed by atoms with Gasteiger partial charge in [0.05, 0.1) is 19.6 Å². The number of piperidine rings is 1. The van der Waals surface area contributed by atoms with Gasteiger partial charge in [0.1, 0.15) is 0 Å². The van der Waals surface area contributed by atoms with E-state index >= 15 is 0 Å².